The summed E-state index contributed by atoms with van der Waals surface area (Å²) in [4.78, 5) is 23.8. The van der Waals surface area contributed by atoms with Gasteiger partial charge in [0.1, 0.15) is 0 Å². The number of aryl methyl sites for hydroxylation is 1. The van der Waals surface area contributed by atoms with E-state index in [9.17, 15) is 9.59 Å². The SMILES string of the molecule is Cn1ccc(NC(=O)[C@@H]2CCO[C@H]2C2CC2)cc1=O. The number of anilines is 1. The number of nitrogens with one attached hydrogen (secondary N) is 1. The standard InChI is InChI=1S/C14H18N2O3/c1-16-6-4-10(8-12(16)17)15-14(18)11-5-7-19-13(11)9-2-3-9/h4,6,8-9,11,13H,2-3,5,7H2,1H3,(H,15,18)/t11-,13+/m1/s1. The highest BCUT2D eigenvalue weighted by molar-refractivity contribution is 5.93. The van der Waals surface area contributed by atoms with Crippen molar-refractivity contribution in [2.75, 3.05) is 11.9 Å². The van der Waals surface area contributed by atoms with Crippen LogP contribution in [-0.4, -0.2) is 23.2 Å². The molecule has 2 aliphatic rings. The highest BCUT2D eigenvalue weighted by atomic mass is 16.5. The summed E-state index contributed by atoms with van der Waals surface area (Å²) >= 11 is 0. The van der Waals surface area contributed by atoms with Gasteiger partial charge in [-0.15, -0.1) is 0 Å². The van der Waals surface area contributed by atoms with Crippen LogP contribution in [0.25, 0.3) is 0 Å². The van der Waals surface area contributed by atoms with Gasteiger partial charge < -0.3 is 14.6 Å². The lowest BCUT2D eigenvalue weighted by molar-refractivity contribution is -0.121. The Morgan fingerprint density at radius 2 is 2.21 bits per heavy atom. The van der Waals surface area contributed by atoms with Crippen molar-refractivity contribution in [3.63, 3.8) is 0 Å². The molecular weight excluding hydrogens is 244 g/mol. The second-order valence-corrected chi connectivity index (χ2v) is 5.42. The zero-order valence-electron chi connectivity index (χ0n) is 11.0. The van der Waals surface area contributed by atoms with Gasteiger partial charge in [-0.25, -0.2) is 0 Å². The van der Waals surface area contributed by atoms with E-state index in [1.165, 1.54) is 23.5 Å². The number of rotatable bonds is 3. The molecule has 0 unspecified atom stereocenters. The van der Waals surface area contributed by atoms with Crippen molar-refractivity contribution in [1.29, 1.82) is 0 Å². The molecular formula is C14H18N2O3. The zero-order chi connectivity index (χ0) is 13.4. The number of nitrogens with zero attached hydrogens (tertiary/aromatic N) is 1. The van der Waals surface area contributed by atoms with Gasteiger partial charge in [0.2, 0.25) is 5.91 Å². The number of hydrogen-bond donors (Lipinski definition) is 1. The van der Waals surface area contributed by atoms with Gasteiger partial charge >= 0.3 is 0 Å². The van der Waals surface area contributed by atoms with E-state index in [4.69, 9.17) is 4.74 Å². The third kappa shape index (κ3) is 2.56. The van der Waals surface area contributed by atoms with E-state index in [-0.39, 0.29) is 23.5 Å². The predicted octanol–water partition coefficient (Wildman–Crippen LogP) is 1.14. The average Bonchev–Trinajstić information content (AvgIpc) is 3.11. The van der Waals surface area contributed by atoms with Crippen LogP contribution >= 0.6 is 0 Å². The van der Waals surface area contributed by atoms with Gasteiger partial charge in [0.15, 0.2) is 0 Å². The number of hydrogen-bond acceptors (Lipinski definition) is 3. The Balaban J connectivity index is 1.70. The van der Waals surface area contributed by atoms with E-state index < -0.39 is 0 Å². The Morgan fingerprint density at radius 1 is 1.42 bits per heavy atom. The largest absolute Gasteiger partial charge is 0.377 e. The van der Waals surface area contributed by atoms with Crippen LogP contribution < -0.4 is 10.9 Å². The van der Waals surface area contributed by atoms with Gasteiger partial charge in [-0.1, -0.05) is 0 Å². The van der Waals surface area contributed by atoms with Crippen molar-refractivity contribution in [2.45, 2.75) is 25.4 Å². The van der Waals surface area contributed by atoms with E-state index in [0.29, 0.717) is 18.2 Å². The first-order valence-corrected chi connectivity index (χ1v) is 6.74. The van der Waals surface area contributed by atoms with Crippen LogP contribution in [0.5, 0.6) is 0 Å². The second kappa shape index (κ2) is 4.81. The van der Waals surface area contributed by atoms with Crippen LogP contribution in [0, 0.1) is 11.8 Å². The van der Waals surface area contributed by atoms with Gasteiger partial charge in [0.25, 0.3) is 5.56 Å². The van der Waals surface area contributed by atoms with Crippen molar-refractivity contribution >= 4 is 11.6 Å². The number of aromatic nitrogens is 1. The summed E-state index contributed by atoms with van der Waals surface area (Å²) < 4.78 is 7.14. The molecule has 1 N–H and O–H groups in total. The van der Waals surface area contributed by atoms with Crippen LogP contribution in [0.2, 0.25) is 0 Å². The highest BCUT2D eigenvalue weighted by Gasteiger charge is 2.43. The average molecular weight is 262 g/mol. The molecule has 3 rings (SSSR count). The number of pyridine rings is 1. The summed E-state index contributed by atoms with van der Waals surface area (Å²) in [7, 11) is 1.68. The van der Waals surface area contributed by atoms with Gasteiger partial charge in [0.05, 0.1) is 12.0 Å². The molecule has 1 aromatic rings. The molecule has 1 saturated heterocycles. The van der Waals surface area contributed by atoms with E-state index in [0.717, 1.165) is 6.42 Å². The third-order valence-electron chi connectivity index (χ3n) is 3.93. The van der Waals surface area contributed by atoms with Crippen molar-refractivity contribution in [3.8, 4) is 0 Å². The number of amides is 1. The fraction of sp³-hybridized carbons (Fsp3) is 0.571. The van der Waals surface area contributed by atoms with E-state index in [1.54, 1.807) is 19.3 Å². The van der Waals surface area contributed by atoms with Crippen molar-refractivity contribution in [1.82, 2.24) is 4.57 Å². The van der Waals surface area contributed by atoms with Crippen LogP contribution in [0.15, 0.2) is 23.1 Å². The van der Waals surface area contributed by atoms with Crippen LogP contribution in [-0.2, 0) is 16.6 Å². The van der Waals surface area contributed by atoms with Crippen molar-refractivity contribution < 1.29 is 9.53 Å². The maximum absolute atomic E-state index is 12.3. The Kier molecular flexibility index (Phi) is 3.14. The van der Waals surface area contributed by atoms with Gasteiger partial charge in [-0.3, -0.25) is 9.59 Å². The van der Waals surface area contributed by atoms with Gasteiger partial charge in [0, 0.05) is 31.6 Å². The van der Waals surface area contributed by atoms with E-state index in [1.807, 2.05) is 0 Å². The Hall–Kier alpha value is -1.62. The molecule has 1 saturated carbocycles. The summed E-state index contributed by atoms with van der Waals surface area (Å²) in [5, 5.41) is 2.83. The highest BCUT2D eigenvalue weighted by Crippen LogP contribution is 2.41. The molecule has 1 amide bonds. The Labute approximate surface area is 111 Å². The lowest BCUT2D eigenvalue weighted by Crippen LogP contribution is -2.31. The minimum absolute atomic E-state index is 0.0253. The Bertz CT molecular complexity index is 548. The van der Waals surface area contributed by atoms with Crippen LogP contribution in [0.1, 0.15) is 19.3 Å². The third-order valence-corrected chi connectivity index (χ3v) is 3.93. The summed E-state index contributed by atoms with van der Waals surface area (Å²) in [6.07, 6.45) is 4.84. The minimum atomic E-state index is -0.126. The molecule has 102 valence electrons. The molecule has 0 spiro atoms. The first kappa shape index (κ1) is 12.4. The summed E-state index contributed by atoms with van der Waals surface area (Å²) in [6.45, 7) is 0.663. The minimum Gasteiger partial charge on any atom is -0.377 e. The smallest absolute Gasteiger partial charge is 0.252 e. The van der Waals surface area contributed by atoms with Crippen molar-refractivity contribution in [3.05, 3.63) is 28.7 Å². The molecule has 0 bridgehead atoms. The molecule has 0 aromatic carbocycles. The molecule has 5 nitrogen and oxygen atoms in total. The summed E-state index contributed by atoms with van der Waals surface area (Å²) in [6, 6.07) is 3.18. The van der Waals surface area contributed by atoms with E-state index in [2.05, 4.69) is 5.32 Å². The topological polar surface area (TPSA) is 60.3 Å². The van der Waals surface area contributed by atoms with Crippen LogP contribution in [0.3, 0.4) is 0 Å². The fourth-order valence-electron chi connectivity index (χ4n) is 2.64. The lowest BCUT2D eigenvalue weighted by atomic mass is 9.97. The number of carbonyl (C=O) groups is 1. The lowest BCUT2D eigenvalue weighted by Gasteiger charge is -2.17. The van der Waals surface area contributed by atoms with Crippen LogP contribution in [0.4, 0.5) is 5.69 Å². The number of carbonyl (C=O) groups excluding carboxylic acids is 1. The van der Waals surface area contributed by atoms with Gasteiger partial charge in [-0.05, 0) is 31.2 Å². The molecule has 1 aromatic heterocycles. The molecule has 2 heterocycles. The molecule has 0 radical (unpaired) electrons. The fourth-order valence-corrected chi connectivity index (χ4v) is 2.64. The van der Waals surface area contributed by atoms with Crippen molar-refractivity contribution in [2.24, 2.45) is 18.9 Å². The Morgan fingerprint density at radius 3 is 2.89 bits per heavy atom. The zero-order valence-corrected chi connectivity index (χ0v) is 11.0. The van der Waals surface area contributed by atoms with E-state index >= 15 is 0 Å². The summed E-state index contributed by atoms with van der Waals surface area (Å²) in [5.74, 6) is 0.459. The monoisotopic (exact) mass is 262 g/mol. The molecule has 5 heteroatoms. The molecule has 2 atom stereocenters. The molecule has 2 fully saturated rings. The normalized spacial score (nSPS) is 26.4. The maximum atomic E-state index is 12.3. The molecule has 1 aliphatic carbocycles. The number of ether oxygens (including phenoxy) is 1. The second-order valence-electron chi connectivity index (χ2n) is 5.42. The van der Waals surface area contributed by atoms with Gasteiger partial charge in [-0.2, -0.15) is 0 Å². The first-order valence-electron chi connectivity index (χ1n) is 6.74. The predicted molar refractivity (Wildman–Crippen MR) is 70.9 cm³/mol. The first-order chi connectivity index (χ1) is 9.15. The quantitative estimate of drug-likeness (QED) is 0.888. The molecule has 1 aliphatic heterocycles. The summed E-state index contributed by atoms with van der Waals surface area (Å²) in [5.41, 5.74) is 0.439. The molecule has 19 heavy (non-hydrogen) atoms. The maximum Gasteiger partial charge on any atom is 0.252 e.